The Kier molecular flexibility index (Phi) is 7.15. The van der Waals surface area contributed by atoms with Crippen LogP contribution in [-0.2, 0) is 18.3 Å². The molecule has 0 radical (unpaired) electrons. The lowest BCUT2D eigenvalue weighted by molar-refractivity contribution is 0.0519. The molecule has 1 aliphatic carbocycles. The van der Waals surface area contributed by atoms with E-state index in [1.54, 1.807) is 26.1 Å². The highest BCUT2D eigenvalue weighted by molar-refractivity contribution is 7.53. The average molecular weight is 375 g/mol. The monoisotopic (exact) mass is 375 g/mol. The molecule has 9 nitrogen and oxygen atoms in total. The highest BCUT2D eigenvalue weighted by Crippen LogP contribution is 2.48. The van der Waals surface area contributed by atoms with Gasteiger partial charge in [-0.1, -0.05) is 0 Å². The fourth-order valence-electron chi connectivity index (χ4n) is 3.01. The molecule has 10 heteroatoms. The maximum Gasteiger partial charge on any atom is 0.356 e. The van der Waals surface area contributed by atoms with Crippen molar-refractivity contribution < 1.29 is 23.5 Å². The van der Waals surface area contributed by atoms with Crippen molar-refractivity contribution in [1.29, 1.82) is 0 Å². The van der Waals surface area contributed by atoms with Crippen LogP contribution in [-0.4, -0.2) is 46.9 Å². The Hall–Kier alpha value is -1.25. The van der Waals surface area contributed by atoms with Gasteiger partial charge in [0.1, 0.15) is 12.2 Å². The summed E-state index contributed by atoms with van der Waals surface area (Å²) in [5.41, 5.74) is 5.06. The Morgan fingerprint density at radius 1 is 1.36 bits per heavy atom. The summed E-state index contributed by atoms with van der Waals surface area (Å²) in [6, 6.07) is 1.38. The molecule has 1 saturated carbocycles. The SMILES string of the molecule is CCOP(=O)(COC[C@H]1C[C@@H](n2ccc(N)nc2=O)C[C@@H]1O)OCC. The largest absolute Gasteiger partial charge is 0.393 e. The number of aliphatic hydroxyl groups excluding tert-OH is 1. The number of hydrogen-bond acceptors (Lipinski definition) is 8. The molecular formula is C15H26N3O6P. The van der Waals surface area contributed by atoms with Crippen LogP contribution in [0.3, 0.4) is 0 Å². The van der Waals surface area contributed by atoms with Crippen LogP contribution in [0.25, 0.3) is 0 Å². The van der Waals surface area contributed by atoms with E-state index in [0.717, 1.165) is 0 Å². The lowest BCUT2D eigenvalue weighted by Crippen LogP contribution is -2.26. The summed E-state index contributed by atoms with van der Waals surface area (Å²) in [7, 11) is -3.27. The number of nitrogen functional groups attached to an aromatic ring is 1. The molecule has 142 valence electrons. The lowest BCUT2D eigenvalue weighted by Gasteiger charge is -2.19. The van der Waals surface area contributed by atoms with Crippen LogP contribution in [0.2, 0.25) is 0 Å². The average Bonchev–Trinajstić information content (AvgIpc) is 2.88. The van der Waals surface area contributed by atoms with Gasteiger partial charge in [0.05, 0.1) is 25.9 Å². The maximum atomic E-state index is 12.3. The van der Waals surface area contributed by atoms with E-state index in [1.807, 2.05) is 0 Å². The minimum atomic E-state index is -3.27. The van der Waals surface area contributed by atoms with Crippen molar-refractivity contribution in [3.05, 3.63) is 22.7 Å². The number of hydrogen-bond donors (Lipinski definition) is 2. The summed E-state index contributed by atoms with van der Waals surface area (Å²) < 4.78 is 29.6. The molecule has 1 heterocycles. The lowest BCUT2D eigenvalue weighted by atomic mass is 10.1. The molecule has 0 spiro atoms. The van der Waals surface area contributed by atoms with Crippen molar-refractivity contribution >= 4 is 13.4 Å². The van der Waals surface area contributed by atoms with E-state index in [4.69, 9.17) is 19.5 Å². The third-order valence-corrected chi connectivity index (χ3v) is 5.91. The van der Waals surface area contributed by atoms with Crippen molar-refractivity contribution in [1.82, 2.24) is 9.55 Å². The van der Waals surface area contributed by atoms with Gasteiger partial charge in [-0.25, -0.2) is 4.79 Å². The van der Waals surface area contributed by atoms with Gasteiger partial charge in [0.2, 0.25) is 0 Å². The Morgan fingerprint density at radius 2 is 2.04 bits per heavy atom. The van der Waals surface area contributed by atoms with Gasteiger partial charge < -0.3 is 24.6 Å². The van der Waals surface area contributed by atoms with Crippen molar-refractivity contribution in [3.8, 4) is 0 Å². The quantitative estimate of drug-likeness (QED) is 0.620. The molecule has 1 aliphatic rings. The molecule has 25 heavy (non-hydrogen) atoms. The van der Waals surface area contributed by atoms with Gasteiger partial charge in [-0.3, -0.25) is 9.13 Å². The number of anilines is 1. The van der Waals surface area contributed by atoms with Gasteiger partial charge in [0, 0.05) is 18.2 Å². The van der Waals surface area contributed by atoms with Crippen molar-refractivity contribution in [2.24, 2.45) is 5.92 Å². The predicted octanol–water partition coefficient (Wildman–Crippen LogP) is 1.38. The number of nitrogens with two attached hydrogens (primary N) is 1. The third kappa shape index (κ3) is 5.36. The topological polar surface area (TPSA) is 126 Å². The van der Waals surface area contributed by atoms with E-state index >= 15 is 0 Å². The van der Waals surface area contributed by atoms with Crippen LogP contribution in [0.4, 0.5) is 5.82 Å². The van der Waals surface area contributed by atoms with Gasteiger partial charge in [-0.15, -0.1) is 0 Å². The molecule has 0 aromatic carbocycles. The predicted molar refractivity (Wildman–Crippen MR) is 92.4 cm³/mol. The van der Waals surface area contributed by atoms with Crippen LogP contribution in [0, 0.1) is 5.92 Å². The van der Waals surface area contributed by atoms with E-state index in [-0.39, 0.29) is 43.9 Å². The number of aromatic nitrogens is 2. The molecule has 0 unspecified atom stereocenters. The molecule has 1 aromatic heterocycles. The van der Waals surface area contributed by atoms with Crippen molar-refractivity contribution in [2.45, 2.75) is 38.8 Å². The Morgan fingerprint density at radius 3 is 2.64 bits per heavy atom. The van der Waals surface area contributed by atoms with Gasteiger partial charge in [0.15, 0.2) is 0 Å². The first-order valence-electron chi connectivity index (χ1n) is 8.37. The smallest absolute Gasteiger partial charge is 0.356 e. The molecule has 0 bridgehead atoms. The summed E-state index contributed by atoms with van der Waals surface area (Å²) in [6.45, 7) is 4.20. The second-order valence-corrected chi connectivity index (χ2v) is 7.94. The summed E-state index contributed by atoms with van der Waals surface area (Å²) in [4.78, 5) is 15.6. The van der Waals surface area contributed by atoms with E-state index in [1.165, 1.54) is 4.57 Å². The number of ether oxygens (including phenoxy) is 1. The number of nitrogens with zero attached hydrogens (tertiary/aromatic N) is 2. The van der Waals surface area contributed by atoms with Crippen LogP contribution in [0.15, 0.2) is 17.1 Å². The molecular weight excluding hydrogens is 349 g/mol. The first-order valence-corrected chi connectivity index (χ1v) is 10.1. The summed E-state index contributed by atoms with van der Waals surface area (Å²) in [5.74, 6) is -0.00608. The fraction of sp³-hybridized carbons (Fsp3) is 0.733. The fourth-order valence-corrected chi connectivity index (χ4v) is 4.34. The summed E-state index contributed by atoms with van der Waals surface area (Å²) >= 11 is 0. The molecule has 3 atom stereocenters. The molecule has 2 rings (SSSR count). The molecule has 3 N–H and O–H groups in total. The summed E-state index contributed by atoms with van der Waals surface area (Å²) in [5, 5.41) is 10.2. The first-order chi connectivity index (χ1) is 11.9. The Labute approximate surface area is 146 Å². The zero-order valence-electron chi connectivity index (χ0n) is 14.5. The maximum absolute atomic E-state index is 12.3. The van der Waals surface area contributed by atoms with E-state index in [9.17, 15) is 14.5 Å². The minimum Gasteiger partial charge on any atom is -0.393 e. The highest BCUT2D eigenvalue weighted by Gasteiger charge is 2.35. The van der Waals surface area contributed by atoms with Gasteiger partial charge in [0.25, 0.3) is 0 Å². The summed E-state index contributed by atoms with van der Waals surface area (Å²) in [6.07, 6.45) is 1.79. The Balaban J connectivity index is 1.91. The Bertz CT molecular complexity index is 657. The van der Waals surface area contributed by atoms with Crippen LogP contribution >= 0.6 is 7.60 Å². The molecule has 0 amide bonds. The van der Waals surface area contributed by atoms with Gasteiger partial charge in [-0.05, 0) is 32.8 Å². The number of aliphatic hydroxyl groups is 1. The molecule has 1 aromatic rings. The van der Waals surface area contributed by atoms with Crippen LogP contribution < -0.4 is 11.4 Å². The first kappa shape index (κ1) is 20.1. The molecule has 1 fully saturated rings. The second-order valence-electron chi connectivity index (χ2n) is 5.94. The standard InChI is InChI=1S/C15H26N3O6P/c1-3-23-25(21,24-4-2)10-22-9-11-7-12(8-13(11)19)18-6-5-14(16)17-15(18)20/h5-6,11-13,19H,3-4,7-10H2,1-2H3,(H2,16,17,20)/t11-,12-,13+/m1/s1. The minimum absolute atomic E-state index is 0.161. The molecule has 0 saturated heterocycles. The van der Waals surface area contributed by atoms with Gasteiger partial charge >= 0.3 is 13.3 Å². The van der Waals surface area contributed by atoms with Crippen LogP contribution in [0.1, 0.15) is 32.7 Å². The van der Waals surface area contributed by atoms with Crippen molar-refractivity contribution in [3.63, 3.8) is 0 Å². The van der Waals surface area contributed by atoms with Crippen LogP contribution in [0.5, 0.6) is 0 Å². The highest BCUT2D eigenvalue weighted by atomic mass is 31.2. The number of rotatable bonds is 9. The van der Waals surface area contributed by atoms with E-state index in [0.29, 0.717) is 12.8 Å². The normalized spacial score (nSPS) is 23.9. The van der Waals surface area contributed by atoms with Crippen molar-refractivity contribution in [2.75, 3.05) is 31.9 Å². The zero-order chi connectivity index (χ0) is 18.4. The van der Waals surface area contributed by atoms with Gasteiger partial charge in [-0.2, -0.15) is 4.98 Å². The second kappa shape index (κ2) is 8.91. The zero-order valence-corrected chi connectivity index (χ0v) is 15.4. The van der Waals surface area contributed by atoms with E-state index in [2.05, 4.69) is 4.98 Å². The third-order valence-electron chi connectivity index (χ3n) is 4.11. The molecule has 0 aliphatic heterocycles. The van der Waals surface area contributed by atoms with E-state index < -0.39 is 19.4 Å².